The predicted molar refractivity (Wildman–Crippen MR) is 83.2 cm³/mol. The van der Waals surface area contributed by atoms with Crippen LogP contribution in [0.25, 0.3) is 0 Å². The van der Waals surface area contributed by atoms with Gasteiger partial charge in [-0.15, -0.1) is 0 Å². The Kier molecular flexibility index (Phi) is 5.27. The Hall–Kier alpha value is -1.01. The lowest BCUT2D eigenvalue weighted by atomic mass is 9.92. The van der Waals surface area contributed by atoms with Crippen molar-refractivity contribution in [2.24, 2.45) is 7.05 Å². The number of aryl methyl sites for hydroxylation is 1. The predicted octanol–water partition coefficient (Wildman–Crippen LogP) is 1.56. The molecule has 0 aromatic carbocycles. The van der Waals surface area contributed by atoms with E-state index >= 15 is 0 Å². The lowest BCUT2D eigenvalue weighted by Gasteiger charge is -2.22. The minimum absolute atomic E-state index is 0.0966. The summed E-state index contributed by atoms with van der Waals surface area (Å²) in [5.41, 5.74) is 0.386. The quantitative estimate of drug-likeness (QED) is 0.866. The van der Waals surface area contributed by atoms with E-state index in [0.29, 0.717) is 11.4 Å². The highest BCUT2D eigenvalue weighted by molar-refractivity contribution is 7.98. The summed E-state index contributed by atoms with van der Waals surface area (Å²) in [5, 5.41) is 17.2. The topological polar surface area (TPSA) is 67.2 Å². The minimum Gasteiger partial charge on any atom is -0.387 e. The first-order valence-corrected chi connectivity index (χ1v) is 8.00. The first-order valence-electron chi connectivity index (χ1n) is 6.61. The maximum absolute atomic E-state index is 12.2. The zero-order chi connectivity index (χ0) is 15.6. The number of amides is 1. The summed E-state index contributed by atoms with van der Waals surface area (Å²) in [5.74, 6) is 0.364. The molecular weight excluding hydrogens is 274 g/mol. The molecular formula is C14H25N3O2S. The Balaban J connectivity index is 2.76. The number of aliphatic hydroxyl groups is 1. The van der Waals surface area contributed by atoms with E-state index in [0.717, 1.165) is 5.69 Å². The third-order valence-corrected chi connectivity index (χ3v) is 3.88. The van der Waals surface area contributed by atoms with E-state index in [1.165, 1.54) is 0 Å². The van der Waals surface area contributed by atoms with Gasteiger partial charge < -0.3 is 10.4 Å². The van der Waals surface area contributed by atoms with Gasteiger partial charge in [0, 0.05) is 24.8 Å². The number of carbonyl (C=O) groups is 1. The zero-order valence-corrected chi connectivity index (χ0v) is 14.0. The fourth-order valence-electron chi connectivity index (χ4n) is 1.77. The van der Waals surface area contributed by atoms with Crippen molar-refractivity contribution < 1.29 is 9.90 Å². The van der Waals surface area contributed by atoms with Gasteiger partial charge in [-0.1, -0.05) is 20.8 Å². The van der Waals surface area contributed by atoms with Crippen LogP contribution in [0.5, 0.6) is 0 Å². The average Bonchev–Trinajstić information content (AvgIpc) is 2.68. The molecule has 0 fully saturated rings. The van der Waals surface area contributed by atoms with Crippen molar-refractivity contribution in [2.75, 3.05) is 18.6 Å². The summed E-state index contributed by atoms with van der Waals surface area (Å²) in [6.45, 7) is 8.11. The molecule has 20 heavy (non-hydrogen) atoms. The first kappa shape index (κ1) is 17.0. The smallest absolute Gasteiger partial charge is 0.269 e. The van der Waals surface area contributed by atoms with Crippen LogP contribution in [0, 0.1) is 0 Å². The van der Waals surface area contributed by atoms with Crippen LogP contribution in [-0.2, 0) is 12.5 Å². The van der Waals surface area contributed by atoms with Crippen LogP contribution in [-0.4, -0.2) is 44.9 Å². The van der Waals surface area contributed by atoms with Gasteiger partial charge in [0.2, 0.25) is 0 Å². The number of nitrogens with one attached hydrogen (secondary N) is 1. The van der Waals surface area contributed by atoms with Gasteiger partial charge in [0.25, 0.3) is 5.91 Å². The molecule has 0 bridgehead atoms. The number of nitrogens with zero attached hydrogens (tertiary/aromatic N) is 2. The number of hydrogen-bond acceptors (Lipinski definition) is 4. The van der Waals surface area contributed by atoms with Crippen molar-refractivity contribution in [3.05, 3.63) is 17.5 Å². The molecule has 114 valence electrons. The summed E-state index contributed by atoms with van der Waals surface area (Å²) >= 11 is 1.55. The third-order valence-electron chi connectivity index (χ3n) is 2.97. The number of carbonyl (C=O) groups excluding carboxylic acids is 1. The molecule has 1 rings (SSSR count). The fraction of sp³-hybridized carbons (Fsp3) is 0.714. The Morgan fingerprint density at radius 2 is 2.05 bits per heavy atom. The van der Waals surface area contributed by atoms with Crippen molar-refractivity contribution in [1.29, 1.82) is 0 Å². The van der Waals surface area contributed by atoms with Crippen molar-refractivity contribution in [2.45, 2.75) is 38.7 Å². The molecule has 0 spiro atoms. The van der Waals surface area contributed by atoms with E-state index in [1.807, 2.05) is 6.26 Å². The number of rotatable bonds is 5. The van der Waals surface area contributed by atoms with Crippen molar-refractivity contribution in [1.82, 2.24) is 15.1 Å². The molecule has 2 N–H and O–H groups in total. The van der Waals surface area contributed by atoms with Gasteiger partial charge in [-0.2, -0.15) is 16.9 Å². The maximum atomic E-state index is 12.2. The largest absolute Gasteiger partial charge is 0.387 e. The standard InChI is InChI=1S/C14H25N3O2S/c1-13(2,3)11-7-10(17(5)16-11)12(18)15-8-14(4,19)9-20-6/h7,19H,8-9H2,1-6H3,(H,15,18). The molecule has 0 aliphatic carbocycles. The van der Waals surface area contributed by atoms with E-state index in [4.69, 9.17) is 0 Å². The highest BCUT2D eigenvalue weighted by Gasteiger charge is 2.24. The van der Waals surface area contributed by atoms with E-state index in [-0.39, 0.29) is 17.9 Å². The van der Waals surface area contributed by atoms with Crippen molar-refractivity contribution in [3.63, 3.8) is 0 Å². The SMILES string of the molecule is CSCC(C)(O)CNC(=O)c1cc(C(C)(C)C)nn1C. The molecule has 1 atom stereocenters. The van der Waals surface area contributed by atoms with Gasteiger partial charge in [0.15, 0.2) is 0 Å². The number of hydrogen-bond donors (Lipinski definition) is 2. The van der Waals surface area contributed by atoms with Crippen LogP contribution < -0.4 is 5.32 Å². The summed E-state index contributed by atoms with van der Waals surface area (Å²) in [4.78, 5) is 12.2. The normalized spacial score (nSPS) is 14.9. The second-order valence-electron chi connectivity index (χ2n) is 6.40. The second-order valence-corrected chi connectivity index (χ2v) is 7.27. The molecule has 1 unspecified atom stereocenters. The molecule has 1 amide bonds. The van der Waals surface area contributed by atoms with Gasteiger partial charge in [-0.3, -0.25) is 9.48 Å². The van der Waals surface area contributed by atoms with Gasteiger partial charge in [0.05, 0.1) is 11.3 Å². The molecule has 1 heterocycles. The third kappa shape index (κ3) is 4.52. The van der Waals surface area contributed by atoms with Gasteiger partial charge >= 0.3 is 0 Å². The van der Waals surface area contributed by atoms with Crippen LogP contribution in [0.1, 0.15) is 43.9 Å². The molecule has 5 nitrogen and oxygen atoms in total. The molecule has 0 aliphatic rings. The fourth-order valence-corrected chi connectivity index (χ4v) is 2.49. The minimum atomic E-state index is -0.902. The average molecular weight is 299 g/mol. The Bertz CT molecular complexity index is 475. The molecule has 0 saturated heterocycles. The summed E-state index contributed by atoms with van der Waals surface area (Å²) in [6.07, 6.45) is 1.92. The van der Waals surface area contributed by atoms with Gasteiger partial charge in [-0.05, 0) is 19.2 Å². The molecule has 0 saturated carbocycles. The zero-order valence-electron chi connectivity index (χ0n) is 13.1. The Morgan fingerprint density at radius 3 is 2.50 bits per heavy atom. The molecule has 6 heteroatoms. The monoisotopic (exact) mass is 299 g/mol. The van der Waals surface area contributed by atoms with Gasteiger partial charge in [0.1, 0.15) is 5.69 Å². The van der Waals surface area contributed by atoms with Gasteiger partial charge in [-0.25, -0.2) is 0 Å². The highest BCUT2D eigenvalue weighted by atomic mass is 32.2. The van der Waals surface area contributed by atoms with Crippen molar-refractivity contribution in [3.8, 4) is 0 Å². The maximum Gasteiger partial charge on any atom is 0.269 e. The van der Waals surface area contributed by atoms with Crippen LogP contribution in [0.3, 0.4) is 0 Å². The Morgan fingerprint density at radius 1 is 1.45 bits per heavy atom. The molecule has 1 aromatic rings. The van der Waals surface area contributed by atoms with Crippen LogP contribution >= 0.6 is 11.8 Å². The number of thioether (sulfide) groups is 1. The van der Waals surface area contributed by atoms with E-state index in [1.54, 1.807) is 36.5 Å². The van der Waals surface area contributed by atoms with Crippen LogP contribution in [0.2, 0.25) is 0 Å². The number of aromatic nitrogens is 2. The van der Waals surface area contributed by atoms with Crippen LogP contribution in [0.15, 0.2) is 6.07 Å². The van der Waals surface area contributed by atoms with E-state index in [9.17, 15) is 9.90 Å². The first-order chi connectivity index (χ1) is 9.07. The summed E-state index contributed by atoms with van der Waals surface area (Å²) in [6, 6.07) is 1.80. The lowest BCUT2D eigenvalue weighted by Crippen LogP contribution is -2.42. The van der Waals surface area contributed by atoms with E-state index < -0.39 is 5.60 Å². The summed E-state index contributed by atoms with van der Waals surface area (Å²) < 4.78 is 1.58. The molecule has 0 radical (unpaired) electrons. The molecule has 0 aliphatic heterocycles. The second kappa shape index (κ2) is 6.18. The molecule has 1 aromatic heterocycles. The van der Waals surface area contributed by atoms with Crippen molar-refractivity contribution >= 4 is 17.7 Å². The van der Waals surface area contributed by atoms with E-state index in [2.05, 4.69) is 31.2 Å². The summed E-state index contributed by atoms with van der Waals surface area (Å²) in [7, 11) is 1.75. The highest BCUT2D eigenvalue weighted by Crippen LogP contribution is 2.21. The van der Waals surface area contributed by atoms with Crippen LogP contribution in [0.4, 0.5) is 0 Å². The lowest BCUT2D eigenvalue weighted by molar-refractivity contribution is 0.0720. The Labute approximate surface area is 125 Å².